The third-order valence-electron chi connectivity index (χ3n) is 3.33. The standard InChI is InChI=1S/C17H17N5OS/c1-12-17(15(23)6-4-13-8-18-21(2)10-13)24-16(20-12)7-5-14-9-19-22(3)11-14/h4-11H,1-3H3/b6-4+,7-5+. The zero-order valence-electron chi connectivity index (χ0n) is 13.7. The quantitative estimate of drug-likeness (QED) is 0.529. The Morgan fingerprint density at radius 1 is 1.04 bits per heavy atom. The maximum Gasteiger partial charge on any atom is 0.197 e. The molecule has 3 heterocycles. The summed E-state index contributed by atoms with van der Waals surface area (Å²) in [6.07, 6.45) is 14.4. The van der Waals surface area contributed by atoms with Crippen LogP contribution in [-0.2, 0) is 14.1 Å². The molecule has 3 rings (SSSR count). The van der Waals surface area contributed by atoms with Gasteiger partial charge >= 0.3 is 0 Å². The number of aromatic nitrogens is 5. The molecule has 0 saturated heterocycles. The van der Waals surface area contributed by atoms with Crippen molar-refractivity contribution in [2.75, 3.05) is 0 Å². The van der Waals surface area contributed by atoms with E-state index < -0.39 is 0 Å². The van der Waals surface area contributed by atoms with Crippen LogP contribution in [-0.4, -0.2) is 30.3 Å². The van der Waals surface area contributed by atoms with E-state index in [1.54, 1.807) is 33.9 Å². The van der Waals surface area contributed by atoms with E-state index in [0.717, 1.165) is 21.8 Å². The fourth-order valence-electron chi connectivity index (χ4n) is 2.18. The van der Waals surface area contributed by atoms with Crippen molar-refractivity contribution in [1.29, 1.82) is 0 Å². The normalized spacial score (nSPS) is 11.8. The van der Waals surface area contributed by atoms with E-state index in [1.165, 1.54) is 11.3 Å². The molecule has 0 bridgehead atoms. The number of thiazole rings is 1. The lowest BCUT2D eigenvalue weighted by atomic mass is 10.2. The maximum atomic E-state index is 12.4. The van der Waals surface area contributed by atoms with E-state index in [9.17, 15) is 4.79 Å². The highest BCUT2D eigenvalue weighted by molar-refractivity contribution is 7.14. The van der Waals surface area contributed by atoms with Gasteiger partial charge in [-0.15, -0.1) is 11.3 Å². The van der Waals surface area contributed by atoms with Gasteiger partial charge in [0.15, 0.2) is 5.78 Å². The first-order valence-corrected chi connectivity index (χ1v) is 8.18. The molecular weight excluding hydrogens is 322 g/mol. The smallest absolute Gasteiger partial charge is 0.197 e. The average molecular weight is 339 g/mol. The van der Waals surface area contributed by atoms with Gasteiger partial charge in [-0.05, 0) is 31.2 Å². The molecule has 6 nitrogen and oxygen atoms in total. The van der Waals surface area contributed by atoms with Crippen molar-refractivity contribution < 1.29 is 4.79 Å². The van der Waals surface area contributed by atoms with Crippen LogP contribution in [0.15, 0.2) is 30.9 Å². The molecule has 0 spiro atoms. The third kappa shape index (κ3) is 3.75. The molecule has 0 N–H and O–H groups in total. The Kier molecular flexibility index (Phi) is 4.52. The van der Waals surface area contributed by atoms with E-state index >= 15 is 0 Å². The number of nitrogens with zero attached hydrogens (tertiary/aromatic N) is 5. The molecule has 3 aromatic heterocycles. The second kappa shape index (κ2) is 6.76. The van der Waals surface area contributed by atoms with Crippen LogP contribution in [0.1, 0.15) is 31.5 Å². The summed E-state index contributed by atoms with van der Waals surface area (Å²) < 4.78 is 3.44. The van der Waals surface area contributed by atoms with E-state index in [1.807, 2.05) is 45.6 Å². The lowest BCUT2D eigenvalue weighted by Gasteiger charge is -1.90. The van der Waals surface area contributed by atoms with Crippen molar-refractivity contribution >= 4 is 35.3 Å². The van der Waals surface area contributed by atoms with Crippen molar-refractivity contribution in [1.82, 2.24) is 24.5 Å². The minimum Gasteiger partial charge on any atom is -0.288 e. The number of rotatable bonds is 5. The van der Waals surface area contributed by atoms with Crippen molar-refractivity contribution in [3.8, 4) is 0 Å². The molecule has 0 unspecified atom stereocenters. The van der Waals surface area contributed by atoms with Gasteiger partial charge in [-0.2, -0.15) is 10.2 Å². The first kappa shape index (κ1) is 16.1. The molecule has 0 aliphatic carbocycles. The molecule has 24 heavy (non-hydrogen) atoms. The van der Waals surface area contributed by atoms with E-state index in [0.29, 0.717) is 4.88 Å². The third-order valence-corrected chi connectivity index (χ3v) is 4.47. The Morgan fingerprint density at radius 2 is 1.67 bits per heavy atom. The molecule has 0 saturated carbocycles. The van der Waals surface area contributed by atoms with Gasteiger partial charge in [0.2, 0.25) is 0 Å². The van der Waals surface area contributed by atoms with Gasteiger partial charge in [-0.1, -0.05) is 0 Å². The molecule has 122 valence electrons. The van der Waals surface area contributed by atoms with E-state index in [-0.39, 0.29) is 5.78 Å². The second-order valence-corrected chi connectivity index (χ2v) is 6.42. The van der Waals surface area contributed by atoms with Crippen LogP contribution < -0.4 is 0 Å². The monoisotopic (exact) mass is 339 g/mol. The van der Waals surface area contributed by atoms with Gasteiger partial charge in [0, 0.05) is 37.6 Å². The summed E-state index contributed by atoms with van der Waals surface area (Å²) in [4.78, 5) is 17.5. The molecular formula is C17H17N5OS. The van der Waals surface area contributed by atoms with E-state index in [2.05, 4.69) is 15.2 Å². The maximum absolute atomic E-state index is 12.4. The van der Waals surface area contributed by atoms with Crippen LogP contribution in [0.25, 0.3) is 18.2 Å². The largest absolute Gasteiger partial charge is 0.288 e. The SMILES string of the molecule is Cc1nc(/C=C/c2cnn(C)c2)sc1C(=O)/C=C/c1cnn(C)c1. The number of aryl methyl sites for hydroxylation is 3. The molecule has 0 amide bonds. The molecule has 0 fully saturated rings. The molecule has 0 aromatic carbocycles. The molecule has 3 aromatic rings. The van der Waals surface area contributed by atoms with Crippen LogP contribution in [0.5, 0.6) is 0 Å². The summed E-state index contributed by atoms with van der Waals surface area (Å²) in [5.41, 5.74) is 2.63. The van der Waals surface area contributed by atoms with Crippen molar-refractivity contribution in [2.45, 2.75) is 6.92 Å². The van der Waals surface area contributed by atoms with Crippen LogP contribution >= 0.6 is 11.3 Å². The number of ketones is 1. The summed E-state index contributed by atoms with van der Waals surface area (Å²) in [5.74, 6) is -0.0464. The summed E-state index contributed by atoms with van der Waals surface area (Å²) in [6.45, 7) is 1.85. The van der Waals surface area contributed by atoms with Gasteiger partial charge in [-0.25, -0.2) is 4.98 Å². The Bertz CT molecular complexity index is 929. The molecule has 0 aliphatic rings. The Balaban J connectivity index is 1.74. The highest BCUT2D eigenvalue weighted by atomic mass is 32.1. The van der Waals surface area contributed by atoms with Gasteiger partial charge < -0.3 is 0 Å². The fraction of sp³-hybridized carbons (Fsp3) is 0.176. The van der Waals surface area contributed by atoms with Crippen molar-refractivity contribution in [2.24, 2.45) is 14.1 Å². The number of carbonyl (C=O) groups excluding carboxylic acids is 1. The minimum atomic E-state index is -0.0464. The lowest BCUT2D eigenvalue weighted by molar-refractivity contribution is 0.105. The summed E-state index contributed by atoms with van der Waals surface area (Å²) in [6, 6.07) is 0. The number of hydrogen-bond donors (Lipinski definition) is 0. The summed E-state index contributed by atoms with van der Waals surface area (Å²) in [7, 11) is 3.71. The van der Waals surface area contributed by atoms with Crippen LogP contribution in [0, 0.1) is 6.92 Å². The highest BCUT2D eigenvalue weighted by Gasteiger charge is 2.11. The summed E-state index contributed by atoms with van der Waals surface area (Å²) in [5, 5.41) is 8.99. The Hall–Kier alpha value is -2.80. The predicted octanol–water partition coefficient (Wildman–Crippen LogP) is 2.99. The van der Waals surface area contributed by atoms with Crippen molar-refractivity contribution in [3.05, 3.63) is 57.6 Å². The molecule has 7 heteroatoms. The van der Waals surface area contributed by atoms with Gasteiger partial charge in [-0.3, -0.25) is 14.2 Å². The molecule has 0 aliphatic heterocycles. The number of carbonyl (C=O) groups is 1. The van der Waals surface area contributed by atoms with Gasteiger partial charge in [0.1, 0.15) is 5.01 Å². The number of hydrogen-bond acceptors (Lipinski definition) is 5. The van der Waals surface area contributed by atoms with E-state index in [4.69, 9.17) is 0 Å². The summed E-state index contributed by atoms with van der Waals surface area (Å²) >= 11 is 1.39. The second-order valence-electron chi connectivity index (χ2n) is 5.39. The van der Waals surface area contributed by atoms with Crippen LogP contribution in [0.4, 0.5) is 0 Å². The molecule has 0 atom stereocenters. The Morgan fingerprint density at radius 3 is 2.25 bits per heavy atom. The lowest BCUT2D eigenvalue weighted by Crippen LogP contribution is -1.92. The first-order valence-electron chi connectivity index (χ1n) is 7.36. The van der Waals surface area contributed by atoms with Gasteiger partial charge in [0.25, 0.3) is 0 Å². The van der Waals surface area contributed by atoms with Crippen molar-refractivity contribution in [3.63, 3.8) is 0 Å². The average Bonchev–Trinajstić information content (AvgIpc) is 3.24. The predicted molar refractivity (Wildman–Crippen MR) is 95.6 cm³/mol. The van der Waals surface area contributed by atoms with Crippen LogP contribution in [0.2, 0.25) is 0 Å². The topological polar surface area (TPSA) is 65.6 Å². The number of allylic oxidation sites excluding steroid dienone is 1. The zero-order chi connectivity index (χ0) is 17.1. The minimum absolute atomic E-state index is 0.0464. The van der Waals surface area contributed by atoms with Crippen LogP contribution in [0.3, 0.4) is 0 Å². The zero-order valence-corrected chi connectivity index (χ0v) is 14.5. The molecule has 0 radical (unpaired) electrons. The Labute approximate surface area is 143 Å². The first-order chi connectivity index (χ1) is 11.5. The highest BCUT2D eigenvalue weighted by Crippen LogP contribution is 2.21. The fourth-order valence-corrected chi connectivity index (χ4v) is 3.07. The van der Waals surface area contributed by atoms with Gasteiger partial charge in [0.05, 0.1) is 23.0 Å².